The Morgan fingerprint density at radius 2 is 2.10 bits per heavy atom. The lowest BCUT2D eigenvalue weighted by Gasteiger charge is -2.16. The normalized spacial score (nSPS) is 23.1. The zero-order valence-electron chi connectivity index (χ0n) is 11.5. The van der Waals surface area contributed by atoms with Crippen molar-refractivity contribution in [3.63, 3.8) is 0 Å². The summed E-state index contributed by atoms with van der Waals surface area (Å²) in [5.41, 5.74) is 0.879. The lowest BCUT2D eigenvalue weighted by atomic mass is 10.1. The number of nitrogens with zero attached hydrogens (tertiary/aromatic N) is 2. The Morgan fingerprint density at radius 3 is 2.60 bits per heavy atom. The van der Waals surface area contributed by atoms with Crippen molar-refractivity contribution in [3.05, 3.63) is 11.4 Å². The van der Waals surface area contributed by atoms with Gasteiger partial charge in [0.25, 0.3) is 0 Å². The molecule has 2 heterocycles. The van der Waals surface area contributed by atoms with Gasteiger partial charge in [0.1, 0.15) is 4.90 Å². The first-order valence-electron chi connectivity index (χ1n) is 6.07. The van der Waals surface area contributed by atoms with Crippen LogP contribution in [0.15, 0.2) is 4.90 Å². The lowest BCUT2D eigenvalue weighted by molar-refractivity contribution is -0.142. The third-order valence-electron chi connectivity index (χ3n) is 3.42. The van der Waals surface area contributed by atoms with Crippen LogP contribution < -0.4 is 4.72 Å². The van der Waals surface area contributed by atoms with Gasteiger partial charge >= 0.3 is 5.97 Å². The molecule has 0 amide bonds. The SMILES string of the molecule is Cc1nn(C)c(C)c1S(=O)(=O)NC1COCC1C(=O)O. The maximum Gasteiger partial charge on any atom is 0.310 e. The molecule has 1 aliphatic heterocycles. The van der Waals surface area contributed by atoms with Crippen molar-refractivity contribution in [1.82, 2.24) is 14.5 Å². The van der Waals surface area contributed by atoms with Gasteiger partial charge in [-0.3, -0.25) is 9.48 Å². The van der Waals surface area contributed by atoms with Gasteiger partial charge in [-0.15, -0.1) is 0 Å². The fourth-order valence-corrected chi connectivity index (χ4v) is 4.01. The van der Waals surface area contributed by atoms with E-state index in [1.165, 1.54) is 4.68 Å². The van der Waals surface area contributed by atoms with Crippen LogP contribution in [0.4, 0.5) is 0 Å². The van der Waals surface area contributed by atoms with Gasteiger partial charge in [0, 0.05) is 7.05 Å². The molecule has 1 aromatic heterocycles. The number of rotatable bonds is 4. The highest BCUT2D eigenvalue weighted by molar-refractivity contribution is 7.89. The number of hydrogen-bond donors (Lipinski definition) is 2. The molecule has 112 valence electrons. The van der Waals surface area contributed by atoms with Crippen LogP contribution in [0.2, 0.25) is 0 Å². The number of hydrogen-bond acceptors (Lipinski definition) is 5. The van der Waals surface area contributed by atoms with Crippen molar-refractivity contribution in [3.8, 4) is 0 Å². The first kappa shape index (κ1) is 14.9. The van der Waals surface area contributed by atoms with Crippen molar-refractivity contribution in [2.24, 2.45) is 13.0 Å². The average molecular weight is 303 g/mol. The molecule has 20 heavy (non-hydrogen) atoms. The topological polar surface area (TPSA) is 111 Å². The van der Waals surface area contributed by atoms with Gasteiger partial charge in [0.2, 0.25) is 10.0 Å². The zero-order chi connectivity index (χ0) is 15.1. The van der Waals surface area contributed by atoms with Gasteiger partial charge in [-0.1, -0.05) is 0 Å². The molecule has 2 unspecified atom stereocenters. The number of carbonyl (C=O) groups is 1. The van der Waals surface area contributed by atoms with E-state index < -0.39 is 28.0 Å². The summed E-state index contributed by atoms with van der Waals surface area (Å²) in [5, 5.41) is 13.1. The van der Waals surface area contributed by atoms with Crippen molar-refractivity contribution in [2.75, 3.05) is 13.2 Å². The van der Waals surface area contributed by atoms with Crippen LogP contribution in [-0.2, 0) is 26.6 Å². The quantitative estimate of drug-likeness (QED) is 0.769. The highest BCUT2D eigenvalue weighted by atomic mass is 32.2. The summed E-state index contributed by atoms with van der Waals surface area (Å²) < 4.78 is 33.7. The second kappa shape index (κ2) is 5.15. The molecule has 0 bridgehead atoms. The maximum absolute atomic E-state index is 12.4. The number of carboxylic acid groups (broad SMARTS) is 1. The average Bonchev–Trinajstić information content (AvgIpc) is 2.84. The van der Waals surface area contributed by atoms with Gasteiger partial charge in [-0.05, 0) is 13.8 Å². The second-order valence-corrected chi connectivity index (χ2v) is 6.48. The molecule has 1 aliphatic rings. The fraction of sp³-hybridized carbons (Fsp3) is 0.636. The number of ether oxygens (including phenoxy) is 1. The van der Waals surface area contributed by atoms with E-state index in [1.807, 2.05) is 0 Å². The number of aromatic nitrogens is 2. The smallest absolute Gasteiger partial charge is 0.310 e. The molecule has 0 saturated carbocycles. The molecule has 1 aromatic rings. The summed E-state index contributed by atoms with van der Waals surface area (Å²) in [6.07, 6.45) is 0. The first-order valence-corrected chi connectivity index (χ1v) is 7.55. The van der Waals surface area contributed by atoms with Gasteiger partial charge in [0.15, 0.2) is 0 Å². The number of sulfonamides is 1. The Balaban J connectivity index is 2.30. The molecule has 8 nitrogen and oxygen atoms in total. The summed E-state index contributed by atoms with van der Waals surface area (Å²) in [7, 11) is -2.17. The number of nitrogens with one attached hydrogen (secondary N) is 1. The first-order chi connectivity index (χ1) is 9.24. The van der Waals surface area contributed by atoms with E-state index in [9.17, 15) is 13.2 Å². The van der Waals surface area contributed by atoms with Gasteiger partial charge in [0.05, 0.1) is 36.6 Å². The molecule has 2 atom stereocenters. The van der Waals surface area contributed by atoms with Crippen LogP contribution in [0.3, 0.4) is 0 Å². The van der Waals surface area contributed by atoms with Crippen LogP contribution in [0.25, 0.3) is 0 Å². The lowest BCUT2D eigenvalue weighted by Crippen LogP contribution is -2.42. The van der Waals surface area contributed by atoms with Crippen molar-refractivity contribution >= 4 is 16.0 Å². The van der Waals surface area contributed by atoms with E-state index in [4.69, 9.17) is 9.84 Å². The minimum Gasteiger partial charge on any atom is -0.481 e. The highest BCUT2D eigenvalue weighted by Gasteiger charge is 2.38. The summed E-state index contributed by atoms with van der Waals surface area (Å²) in [5.74, 6) is -1.95. The molecule has 0 radical (unpaired) electrons. The van der Waals surface area contributed by atoms with E-state index in [1.54, 1.807) is 20.9 Å². The van der Waals surface area contributed by atoms with Crippen LogP contribution in [0.5, 0.6) is 0 Å². The highest BCUT2D eigenvalue weighted by Crippen LogP contribution is 2.21. The van der Waals surface area contributed by atoms with Gasteiger partial charge < -0.3 is 9.84 Å². The predicted molar refractivity (Wildman–Crippen MR) is 68.7 cm³/mol. The van der Waals surface area contributed by atoms with Crippen molar-refractivity contribution in [1.29, 1.82) is 0 Å². The minimum absolute atomic E-state index is 0.00746. The van der Waals surface area contributed by atoms with Crippen molar-refractivity contribution < 1.29 is 23.1 Å². The van der Waals surface area contributed by atoms with Gasteiger partial charge in [-0.2, -0.15) is 5.10 Å². The van der Waals surface area contributed by atoms with E-state index >= 15 is 0 Å². The summed E-state index contributed by atoms with van der Waals surface area (Å²) >= 11 is 0. The van der Waals surface area contributed by atoms with E-state index in [0.717, 1.165) is 0 Å². The number of carboxylic acids is 1. The maximum atomic E-state index is 12.4. The molecule has 2 N–H and O–H groups in total. The second-order valence-electron chi connectivity index (χ2n) is 4.83. The minimum atomic E-state index is -3.83. The molecular weight excluding hydrogens is 286 g/mol. The molecule has 9 heteroatoms. The zero-order valence-corrected chi connectivity index (χ0v) is 12.3. The summed E-state index contributed by atoms with van der Waals surface area (Å²) in [4.78, 5) is 11.1. The third-order valence-corrected chi connectivity index (χ3v) is 5.16. The van der Waals surface area contributed by atoms with Crippen LogP contribution in [0, 0.1) is 19.8 Å². The van der Waals surface area contributed by atoms with E-state index in [-0.39, 0.29) is 18.1 Å². The predicted octanol–water partition coefficient (Wildman–Crippen LogP) is -0.585. The Morgan fingerprint density at radius 1 is 1.45 bits per heavy atom. The molecule has 2 rings (SSSR count). The number of aryl methyl sites for hydroxylation is 2. The molecule has 1 saturated heterocycles. The van der Waals surface area contributed by atoms with E-state index in [0.29, 0.717) is 11.4 Å². The fourth-order valence-electron chi connectivity index (χ4n) is 2.32. The Labute approximate surface area is 116 Å². The summed E-state index contributed by atoms with van der Waals surface area (Å²) in [6.45, 7) is 3.30. The molecule has 1 fully saturated rings. The van der Waals surface area contributed by atoms with Crippen LogP contribution in [0.1, 0.15) is 11.4 Å². The molecule has 0 aromatic carbocycles. The van der Waals surface area contributed by atoms with Crippen LogP contribution >= 0.6 is 0 Å². The third kappa shape index (κ3) is 2.56. The molecular formula is C11H17N3O5S. The number of aliphatic carboxylic acids is 1. The van der Waals surface area contributed by atoms with Crippen LogP contribution in [-0.4, -0.2) is 48.5 Å². The Kier molecular flexibility index (Phi) is 3.85. The van der Waals surface area contributed by atoms with Gasteiger partial charge in [-0.25, -0.2) is 13.1 Å². The largest absolute Gasteiger partial charge is 0.481 e. The standard InChI is InChI=1S/C11H17N3O5S/c1-6-10(7(2)14(3)12-6)20(17,18)13-9-5-19-4-8(9)11(15)16/h8-9,13H,4-5H2,1-3H3,(H,15,16). The Bertz CT molecular complexity index is 637. The summed E-state index contributed by atoms with van der Waals surface area (Å²) in [6, 6.07) is -0.767. The molecule has 0 aliphatic carbocycles. The van der Waals surface area contributed by atoms with E-state index in [2.05, 4.69) is 9.82 Å². The monoisotopic (exact) mass is 303 g/mol. The molecule has 0 spiro atoms. The van der Waals surface area contributed by atoms with Crippen molar-refractivity contribution in [2.45, 2.75) is 24.8 Å². The Hall–Kier alpha value is -1.45.